The fourth-order valence-electron chi connectivity index (χ4n) is 4.87. The van der Waals surface area contributed by atoms with Crippen molar-refractivity contribution in [3.63, 3.8) is 0 Å². The van der Waals surface area contributed by atoms with Crippen LogP contribution in [0.15, 0.2) is 54.7 Å². The molecule has 1 heterocycles. The van der Waals surface area contributed by atoms with Crippen molar-refractivity contribution in [2.75, 3.05) is 23.4 Å². The minimum absolute atomic E-state index is 0.00333. The number of aliphatic carboxylic acids is 1. The van der Waals surface area contributed by atoms with Gasteiger partial charge in [-0.1, -0.05) is 69.1 Å². The standard InChI is InChI=1S/C33H39Cl2N3O5/c1-6-22(7-2)32(40)38(19-20(4)5)27-17-23(13-14-28(27)43-8-3)24(33(41)42)16-21-12-15-29(36-18-21)37-31(39)30-25(34)10-9-11-26(30)35/h9-15,17-18,20,22,24H,6-8,16,19H2,1-5H3,(H,41,42)(H,36,37,39). The maximum Gasteiger partial charge on any atom is 0.311 e. The van der Waals surface area contributed by atoms with Crippen LogP contribution in [-0.4, -0.2) is 41.0 Å². The number of amides is 2. The topological polar surface area (TPSA) is 109 Å². The van der Waals surface area contributed by atoms with Crippen LogP contribution in [0.25, 0.3) is 0 Å². The van der Waals surface area contributed by atoms with Gasteiger partial charge in [-0.2, -0.15) is 0 Å². The number of carbonyl (C=O) groups is 3. The van der Waals surface area contributed by atoms with Gasteiger partial charge in [0.05, 0.1) is 33.8 Å². The molecule has 0 saturated carbocycles. The van der Waals surface area contributed by atoms with Crippen molar-refractivity contribution < 1.29 is 24.2 Å². The third-order valence-electron chi connectivity index (χ3n) is 7.12. The number of ether oxygens (including phenoxy) is 1. The minimum Gasteiger partial charge on any atom is -0.492 e. The molecule has 0 saturated heterocycles. The lowest BCUT2D eigenvalue weighted by Crippen LogP contribution is -2.39. The molecule has 2 amide bonds. The maximum absolute atomic E-state index is 13.6. The zero-order chi connectivity index (χ0) is 31.7. The van der Waals surface area contributed by atoms with Crippen molar-refractivity contribution in [1.82, 2.24) is 4.98 Å². The van der Waals surface area contributed by atoms with Gasteiger partial charge in [0.15, 0.2) is 0 Å². The average Bonchev–Trinajstić information content (AvgIpc) is 2.96. The molecule has 0 fully saturated rings. The van der Waals surface area contributed by atoms with E-state index in [0.29, 0.717) is 48.6 Å². The first-order valence-corrected chi connectivity index (χ1v) is 15.3. The number of rotatable bonds is 14. The van der Waals surface area contributed by atoms with Gasteiger partial charge < -0.3 is 20.1 Å². The lowest BCUT2D eigenvalue weighted by atomic mass is 9.91. The van der Waals surface area contributed by atoms with Crippen LogP contribution >= 0.6 is 23.2 Å². The second-order valence-electron chi connectivity index (χ2n) is 10.7. The minimum atomic E-state index is -1.01. The summed E-state index contributed by atoms with van der Waals surface area (Å²) in [6.45, 7) is 10.8. The summed E-state index contributed by atoms with van der Waals surface area (Å²) in [5, 5.41) is 13.4. The van der Waals surface area contributed by atoms with Gasteiger partial charge in [0.2, 0.25) is 5.91 Å². The number of pyridine rings is 1. The highest BCUT2D eigenvalue weighted by atomic mass is 35.5. The van der Waals surface area contributed by atoms with E-state index in [0.717, 1.165) is 0 Å². The molecule has 8 nitrogen and oxygen atoms in total. The highest BCUT2D eigenvalue weighted by molar-refractivity contribution is 6.40. The molecule has 0 aliphatic heterocycles. The SMILES string of the molecule is CCOc1ccc(C(Cc2ccc(NC(=O)c3c(Cl)cccc3Cl)nc2)C(=O)O)cc1N(CC(C)C)C(=O)C(CC)CC. The molecule has 0 bridgehead atoms. The molecular weight excluding hydrogens is 589 g/mol. The Morgan fingerprint density at radius 2 is 1.67 bits per heavy atom. The van der Waals surface area contributed by atoms with Gasteiger partial charge in [0.25, 0.3) is 5.91 Å². The summed E-state index contributed by atoms with van der Waals surface area (Å²) >= 11 is 12.3. The van der Waals surface area contributed by atoms with Crippen LogP contribution in [0, 0.1) is 11.8 Å². The maximum atomic E-state index is 13.6. The van der Waals surface area contributed by atoms with Crippen LogP contribution in [-0.2, 0) is 16.0 Å². The Bertz CT molecular complexity index is 1400. The Hall–Kier alpha value is -3.62. The highest BCUT2D eigenvalue weighted by Gasteiger charge is 2.29. The van der Waals surface area contributed by atoms with E-state index in [9.17, 15) is 19.5 Å². The van der Waals surface area contributed by atoms with Crippen LogP contribution < -0.4 is 15.0 Å². The van der Waals surface area contributed by atoms with Crippen LogP contribution in [0.4, 0.5) is 11.5 Å². The first-order chi connectivity index (χ1) is 20.5. The third-order valence-corrected chi connectivity index (χ3v) is 7.75. The van der Waals surface area contributed by atoms with Gasteiger partial charge in [0.1, 0.15) is 11.6 Å². The summed E-state index contributed by atoms with van der Waals surface area (Å²) in [4.78, 5) is 44.9. The van der Waals surface area contributed by atoms with Gasteiger partial charge in [-0.25, -0.2) is 4.98 Å². The van der Waals surface area contributed by atoms with Gasteiger partial charge in [-0.3, -0.25) is 14.4 Å². The van der Waals surface area contributed by atoms with Crippen molar-refractivity contribution in [3.05, 3.63) is 81.5 Å². The van der Waals surface area contributed by atoms with Crippen molar-refractivity contribution in [3.8, 4) is 5.75 Å². The number of anilines is 2. The summed E-state index contributed by atoms with van der Waals surface area (Å²) in [5.41, 5.74) is 1.92. The molecule has 0 radical (unpaired) electrons. The number of carboxylic acids is 1. The molecule has 1 aromatic heterocycles. The first-order valence-electron chi connectivity index (χ1n) is 14.5. The average molecular weight is 629 g/mol. The van der Waals surface area contributed by atoms with E-state index in [1.807, 2.05) is 34.6 Å². The Morgan fingerprint density at radius 1 is 1.00 bits per heavy atom. The van der Waals surface area contributed by atoms with Gasteiger partial charge in [0, 0.05) is 18.7 Å². The number of nitrogens with zero attached hydrogens (tertiary/aromatic N) is 2. The van der Waals surface area contributed by atoms with E-state index in [1.165, 1.54) is 6.20 Å². The lowest BCUT2D eigenvalue weighted by Gasteiger charge is -2.30. The summed E-state index contributed by atoms with van der Waals surface area (Å²) < 4.78 is 5.90. The number of hydrogen-bond acceptors (Lipinski definition) is 5. The summed E-state index contributed by atoms with van der Waals surface area (Å²) in [6, 6.07) is 13.3. The predicted octanol–water partition coefficient (Wildman–Crippen LogP) is 7.88. The molecule has 2 aromatic carbocycles. The van der Waals surface area contributed by atoms with Gasteiger partial charge >= 0.3 is 5.97 Å². The van der Waals surface area contributed by atoms with E-state index < -0.39 is 17.8 Å². The fraction of sp³-hybridized carbons (Fsp3) is 0.394. The Kier molecular flexibility index (Phi) is 12.4. The molecule has 230 valence electrons. The molecule has 43 heavy (non-hydrogen) atoms. The quantitative estimate of drug-likeness (QED) is 0.188. The van der Waals surface area contributed by atoms with Crippen molar-refractivity contribution in [1.29, 1.82) is 0 Å². The van der Waals surface area contributed by atoms with Crippen molar-refractivity contribution in [2.45, 2.75) is 59.8 Å². The first kappa shape index (κ1) is 33.9. The summed E-state index contributed by atoms with van der Waals surface area (Å²) in [5.74, 6) is -1.58. The zero-order valence-electron chi connectivity index (χ0n) is 25.2. The number of benzene rings is 2. The molecule has 3 rings (SSSR count). The van der Waals surface area contributed by atoms with E-state index in [4.69, 9.17) is 27.9 Å². The van der Waals surface area contributed by atoms with E-state index in [-0.39, 0.29) is 45.6 Å². The molecule has 0 aliphatic rings. The van der Waals surface area contributed by atoms with Gasteiger partial charge in [-0.15, -0.1) is 0 Å². The van der Waals surface area contributed by atoms with Crippen LogP contribution in [0.1, 0.15) is 74.9 Å². The summed E-state index contributed by atoms with van der Waals surface area (Å²) in [7, 11) is 0. The molecule has 3 aromatic rings. The molecule has 0 spiro atoms. The molecule has 10 heteroatoms. The number of carbonyl (C=O) groups excluding carboxylic acids is 2. The fourth-order valence-corrected chi connectivity index (χ4v) is 5.44. The normalized spacial score (nSPS) is 11.8. The highest BCUT2D eigenvalue weighted by Crippen LogP contribution is 2.35. The predicted molar refractivity (Wildman–Crippen MR) is 172 cm³/mol. The Balaban J connectivity index is 1.91. The number of nitrogens with one attached hydrogen (secondary N) is 1. The van der Waals surface area contributed by atoms with Crippen LogP contribution in [0.2, 0.25) is 10.0 Å². The number of halogens is 2. The summed E-state index contributed by atoms with van der Waals surface area (Å²) in [6.07, 6.45) is 3.09. The molecule has 1 atom stereocenters. The second kappa shape index (κ2) is 15.7. The molecule has 0 aliphatic carbocycles. The second-order valence-corrected chi connectivity index (χ2v) is 11.5. The largest absolute Gasteiger partial charge is 0.492 e. The number of hydrogen-bond donors (Lipinski definition) is 2. The van der Waals surface area contributed by atoms with E-state index >= 15 is 0 Å². The van der Waals surface area contributed by atoms with Crippen LogP contribution in [0.3, 0.4) is 0 Å². The van der Waals surface area contributed by atoms with E-state index in [2.05, 4.69) is 10.3 Å². The molecule has 1 unspecified atom stereocenters. The third kappa shape index (κ3) is 8.71. The van der Waals surface area contributed by atoms with Crippen LogP contribution in [0.5, 0.6) is 5.75 Å². The van der Waals surface area contributed by atoms with Crippen molar-refractivity contribution >= 4 is 52.5 Å². The Labute approximate surface area is 263 Å². The van der Waals surface area contributed by atoms with Gasteiger partial charge in [-0.05, 0) is 73.6 Å². The molecule has 2 N–H and O–H groups in total. The lowest BCUT2D eigenvalue weighted by molar-refractivity contribution is -0.138. The van der Waals surface area contributed by atoms with Crippen molar-refractivity contribution in [2.24, 2.45) is 11.8 Å². The zero-order valence-corrected chi connectivity index (χ0v) is 26.7. The van der Waals surface area contributed by atoms with E-state index in [1.54, 1.807) is 53.4 Å². The smallest absolute Gasteiger partial charge is 0.311 e. The molecular formula is C33H39Cl2N3O5. The number of carboxylic acid groups (broad SMARTS) is 1. The Morgan fingerprint density at radius 3 is 2.21 bits per heavy atom. The number of aromatic nitrogens is 1. The monoisotopic (exact) mass is 627 g/mol.